The van der Waals surface area contributed by atoms with Crippen molar-refractivity contribution in [3.05, 3.63) is 72.1 Å². The molecule has 0 saturated heterocycles. The first-order chi connectivity index (χ1) is 13.2. The van der Waals surface area contributed by atoms with Crippen LogP contribution in [0.2, 0.25) is 0 Å². The maximum Gasteiger partial charge on any atom is 0.229 e. The lowest BCUT2D eigenvalue weighted by molar-refractivity contribution is -0.115. The van der Waals surface area contributed by atoms with E-state index in [9.17, 15) is 4.79 Å². The van der Waals surface area contributed by atoms with Gasteiger partial charge in [0.2, 0.25) is 5.91 Å². The summed E-state index contributed by atoms with van der Waals surface area (Å²) in [6.45, 7) is 0. The molecule has 0 atom stereocenters. The molecule has 0 spiro atoms. The van der Waals surface area contributed by atoms with E-state index in [0.29, 0.717) is 18.2 Å². The maximum atomic E-state index is 12.3. The molecule has 2 aromatic carbocycles. The molecule has 1 aliphatic carbocycles. The average Bonchev–Trinajstić information content (AvgIpc) is 3.24. The molecular weight excluding hydrogens is 336 g/mol. The third-order valence-corrected chi connectivity index (χ3v) is 5.01. The topological polar surface area (TPSA) is 73.6 Å². The summed E-state index contributed by atoms with van der Waals surface area (Å²) in [6, 6.07) is 19.5. The fourth-order valence-electron chi connectivity index (χ4n) is 3.35. The summed E-state index contributed by atoms with van der Waals surface area (Å²) in [5, 5.41) is 11.1. The molecule has 133 valence electrons. The lowest BCUT2D eigenvalue weighted by Gasteiger charge is -2.05. The van der Waals surface area contributed by atoms with Crippen molar-refractivity contribution >= 4 is 22.6 Å². The van der Waals surface area contributed by atoms with Crippen molar-refractivity contribution in [1.29, 1.82) is 0 Å². The van der Waals surface area contributed by atoms with Crippen molar-refractivity contribution in [2.24, 2.45) is 0 Å². The summed E-state index contributed by atoms with van der Waals surface area (Å²) < 4.78 is 0. The van der Waals surface area contributed by atoms with Crippen LogP contribution < -0.4 is 5.32 Å². The number of fused-ring (bicyclic) bond motifs is 1. The Morgan fingerprint density at radius 2 is 1.93 bits per heavy atom. The Morgan fingerprint density at radius 3 is 2.74 bits per heavy atom. The predicted octanol–water partition coefficient (Wildman–Crippen LogP) is 4.42. The van der Waals surface area contributed by atoms with Gasteiger partial charge in [-0.05, 0) is 41.7 Å². The smallest absolute Gasteiger partial charge is 0.229 e. The number of nitrogens with one attached hydrogen (secondary N) is 3. The number of benzene rings is 2. The van der Waals surface area contributed by atoms with Gasteiger partial charge in [-0.3, -0.25) is 9.89 Å². The Morgan fingerprint density at radius 1 is 1.11 bits per heavy atom. The second-order valence-corrected chi connectivity index (χ2v) is 7.10. The Kier molecular flexibility index (Phi) is 3.78. The summed E-state index contributed by atoms with van der Waals surface area (Å²) in [7, 11) is 0. The molecule has 5 heteroatoms. The number of hydrogen-bond acceptors (Lipinski definition) is 2. The van der Waals surface area contributed by atoms with Crippen molar-refractivity contribution in [1.82, 2.24) is 15.2 Å². The van der Waals surface area contributed by atoms with Crippen LogP contribution in [-0.2, 0) is 11.2 Å². The van der Waals surface area contributed by atoms with E-state index in [-0.39, 0.29) is 5.91 Å². The minimum atomic E-state index is -0.0556. The normalized spacial score (nSPS) is 13.8. The highest BCUT2D eigenvalue weighted by Crippen LogP contribution is 2.39. The molecule has 4 aromatic rings. The summed E-state index contributed by atoms with van der Waals surface area (Å²) in [6.07, 6.45) is 4.56. The second-order valence-electron chi connectivity index (χ2n) is 7.10. The molecule has 5 nitrogen and oxygen atoms in total. The van der Waals surface area contributed by atoms with E-state index in [4.69, 9.17) is 0 Å². The number of anilines is 1. The molecule has 0 bridgehead atoms. The summed E-state index contributed by atoms with van der Waals surface area (Å²) in [5.41, 5.74) is 5.43. The molecule has 1 saturated carbocycles. The number of carbonyl (C=O) groups is 1. The Hall–Kier alpha value is -3.34. The lowest BCUT2D eigenvalue weighted by Crippen LogP contribution is -2.14. The molecule has 1 fully saturated rings. The molecule has 3 N–H and O–H groups in total. The number of rotatable bonds is 5. The Balaban J connectivity index is 1.25. The van der Waals surface area contributed by atoms with Crippen molar-refractivity contribution in [3.8, 4) is 11.1 Å². The Bertz CT molecular complexity index is 1100. The number of carbonyl (C=O) groups excluding carboxylic acids is 1. The minimum absolute atomic E-state index is 0.0556. The van der Waals surface area contributed by atoms with Crippen LogP contribution in [0.4, 0.5) is 5.82 Å². The predicted molar refractivity (Wildman–Crippen MR) is 105 cm³/mol. The van der Waals surface area contributed by atoms with E-state index in [1.807, 2.05) is 24.4 Å². The first kappa shape index (κ1) is 15.9. The number of aromatic amines is 2. The van der Waals surface area contributed by atoms with Crippen LogP contribution in [-0.4, -0.2) is 21.1 Å². The fourth-order valence-corrected chi connectivity index (χ4v) is 3.35. The van der Waals surface area contributed by atoms with Crippen molar-refractivity contribution < 1.29 is 4.79 Å². The van der Waals surface area contributed by atoms with Gasteiger partial charge in [-0.2, -0.15) is 5.10 Å². The lowest BCUT2D eigenvalue weighted by atomic mass is 10.0. The van der Waals surface area contributed by atoms with Gasteiger partial charge >= 0.3 is 0 Å². The molecule has 27 heavy (non-hydrogen) atoms. The minimum Gasteiger partial charge on any atom is -0.361 e. The molecule has 2 heterocycles. The number of H-pyrrole nitrogens is 2. The van der Waals surface area contributed by atoms with E-state index in [1.54, 1.807) is 0 Å². The van der Waals surface area contributed by atoms with E-state index in [2.05, 4.69) is 56.9 Å². The van der Waals surface area contributed by atoms with E-state index in [0.717, 1.165) is 33.3 Å². The number of amides is 1. The average molecular weight is 355 g/mol. The van der Waals surface area contributed by atoms with Crippen LogP contribution in [0.15, 0.2) is 54.7 Å². The zero-order valence-corrected chi connectivity index (χ0v) is 14.8. The Labute approximate surface area is 156 Å². The third-order valence-electron chi connectivity index (χ3n) is 5.01. The van der Waals surface area contributed by atoms with Crippen LogP contribution in [0.5, 0.6) is 0 Å². The molecule has 0 unspecified atom stereocenters. The van der Waals surface area contributed by atoms with Crippen LogP contribution in [0.1, 0.15) is 30.0 Å². The molecule has 0 aliphatic heterocycles. The van der Waals surface area contributed by atoms with Gasteiger partial charge in [0.15, 0.2) is 5.82 Å². The zero-order chi connectivity index (χ0) is 18.2. The molecule has 5 rings (SSSR count). The maximum absolute atomic E-state index is 12.3. The molecule has 1 amide bonds. The van der Waals surface area contributed by atoms with Crippen LogP contribution >= 0.6 is 0 Å². The van der Waals surface area contributed by atoms with Gasteiger partial charge in [0.25, 0.3) is 0 Å². The van der Waals surface area contributed by atoms with E-state index >= 15 is 0 Å². The van der Waals surface area contributed by atoms with Crippen molar-refractivity contribution in [2.75, 3.05) is 5.32 Å². The highest BCUT2D eigenvalue weighted by Gasteiger charge is 2.25. The van der Waals surface area contributed by atoms with Crippen LogP contribution in [0.25, 0.3) is 22.0 Å². The van der Waals surface area contributed by atoms with Crippen LogP contribution in [0.3, 0.4) is 0 Å². The fraction of sp³-hybridized carbons (Fsp3) is 0.182. The van der Waals surface area contributed by atoms with Gasteiger partial charge in [-0.25, -0.2) is 0 Å². The highest BCUT2D eigenvalue weighted by atomic mass is 16.1. The van der Waals surface area contributed by atoms with Gasteiger partial charge in [-0.15, -0.1) is 0 Å². The largest absolute Gasteiger partial charge is 0.361 e. The van der Waals surface area contributed by atoms with Gasteiger partial charge in [-0.1, -0.05) is 30.3 Å². The van der Waals surface area contributed by atoms with Gasteiger partial charge < -0.3 is 10.3 Å². The summed E-state index contributed by atoms with van der Waals surface area (Å²) in [4.78, 5) is 15.4. The summed E-state index contributed by atoms with van der Waals surface area (Å²) >= 11 is 0. The van der Waals surface area contributed by atoms with Crippen molar-refractivity contribution in [3.63, 3.8) is 0 Å². The number of hydrogen-bond donors (Lipinski definition) is 3. The summed E-state index contributed by atoms with van der Waals surface area (Å²) in [5.74, 6) is 1.15. The molecular formula is C22H19N4O. The van der Waals surface area contributed by atoms with Gasteiger partial charge in [0, 0.05) is 40.8 Å². The van der Waals surface area contributed by atoms with Crippen molar-refractivity contribution in [2.45, 2.75) is 25.2 Å². The first-order valence-corrected chi connectivity index (χ1v) is 9.18. The van der Waals surface area contributed by atoms with E-state index in [1.165, 1.54) is 12.8 Å². The van der Waals surface area contributed by atoms with Crippen LogP contribution in [0, 0.1) is 6.07 Å². The van der Waals surface area contributed by atoms with Gasteiger partial charge in [0.1, 0.15) is 0 Å². The monoisotopic (exact) mass is 355 g/mol. The highest BCUT2D eigenvalue weighted by molar-refractivity contribution is 5.91. The second kappa shape index (κ2) is 6.43. The first-order valence-electron chi connectivity index (χ1n) is 9.18. The van der Waals surface area contributed by atoms with Gasteiger partial charge in [0.05, 0.1) is 6.42 Å². The molecule has 1 aliphatic rings. The number of aromatic nitrogens is 3. The third kappa shape index (κ3) is 3.36. The molecule has 1 radical (unpaired) electrons. The number of nitrogens with zero attached hydrogens (tertiary/aromatic N) is 1. The van der Waals surface area contributed by atoms with E-state index < -0.39 is 0 Å². The SMILES string of the molecule is O=C(Cc1ccc(-c2ccc3[nH]c[c]c3c2)cc1)Nc1cc(C2CC2)[nH]n1. The quantitative estimate of drug-likeness (QED) is 0.496. The molecule has 2 aromatic heterocycles. The standard InChI is InChI=1S/C22H19N4O/c27-22(24-21-13-20(25-26-21)16-5-6-16)11-14-1-3-15(4-2-14)17-7-8-19-18(12-17)9-10-23-19/h1-4,7-8,10,12-13,16,23H,5-6,11H2,(H2,24,25,26,27). The zero-order valence-electron chi connectivity index (χ0n) is 14.8.